The highest BCUT2D eigenvalue weighted by molar-refractivity contribution is 6.14. The van der Waals surface area contributed by atoms with Crippen LogP contribution in [0.25, 0.3) is 21.9 Å². The molecule has 0 saturated carbocycles. The first-order valence-electron chi connectivity index (χ1n) is 9.36. The van der Waals surface area contributed by atoms with Crippen molar-refractivity contribution in [1.29, 1.82) is 0 Å². The Morgan fingerprint density at radius 1 is 1.00 bits per heavy atom. The Hall–Kier alpha value is -3.61. The van der Waals surface area contributed by atoms with E-state index in [4.69, 9.17) is 0 Å². The molecule has 0 N–H and O–H groups in total. The Kier molecular flexibility index (Phi) is 4.58. The third-order valence-electron chi connectivity index (χ3n) is 5.13. The van der Waals surface area contributed by atoms with Crippen LogP contribution in [-0.4, -0.2) is 57.0 Å². The van der Waals surface area contributed by atoms with E-state index in [0.29, 0.717) is 12.2 Å². The van der Waals surface area contributed by atoms with Crippen molar-refractivity contribution in [2.24, 2.45) is 7.05 Å². The second-order valence-electron chi connectivity index (χ2n) is 7.33. The largest absolute Gasteiger partial charge is 0.342 e. The van der Waals surface area contributed by atoms with Gasteiger partial charge in [-0.15, -0.1) is 0 Å². The van der Waals surface area contributed by atoms with Crippen molar-refractivity contribution in [1.82, 2.24) is 23.9 Å². The van der Waals surface area contributed by atoms with Gasteiger partial charge in [0.15, 0.2) is 0 Å². The first-order chi connectivity index (χ1) is 13.9. The number of fused-ring (bicyclic) bond motifs is 3. The van der Waals surface area contributed by atoms with Gasteiger partial charge in [-0.3, -0.25) is 14.3 Å². The molecule has 0 fully saturated rings. The Morgan fingerprint density at radius 2 is 1.72 bits per heavy atom. The maximum atomic E-state index is 13.3. The van der Waals surface area contributed by atoms with E-state index >= 15 is 0 Å². The fraction of sp³-hybridized carbons (Fsp3) is 0.227. The summed E-state index contributed by atoms with van der Waals surface area (Å²) in [5.74, 6) is -0.230. The molecule has 4 aromatic rings. The van der Waals surface area contributed by atoms with Crippen LogP contribution >= 0.6 is 0 Å². The maximum absolute atomic E-state index is 13.3. The number of para-hydroxylation sites is 1. The number of hydrogen-bond donors (Lipinski definition) is 0. The predicted octanol–water partition coefficient (Wildman–Crippen LogP) is 3.33. The van der Waals surface area contributed by atoms with Crippen LogP contribution in [0.15, 0.2) is 54.7 Å². The minimum absolute atomic E-state index is 0.230. The van der Waals surface area contributed by atoms with E-state index in [1.165, 1.54) is 9.47 Å². The molecule has 7 heteroatoms. The molecule has 0 aliphatic heterocycles. The van der Waals surface area contributed by atoms with Gasteiger partial charge in [0.2, 0.25) is 0 Å². The molecular weight excluding hydrogens is 366 g/mol. The van der Waals surface area contributed by atoms with E-state index in [9.17, 15) is 9.59 Å². The standard InChI is InChI=1S/C22H23N5O2/c1-24(2)22(29)27-19(21(28)25(3)14-15-9-7-8-12-23-15)13-18-20(27)16-10-5-6-11-17(16)26(18)4/h5-13H,14H2,1-4H3. The van der Waals surface area contributed by atoms with Gasteiger partial charge in [-0.1, -0.05) is 24.3 Å². The molecule has 7 nitrogen and oxygen atoms in total. The van der Waals surface area contributed by atoms with Crippen molar-refractivity contribution in [3.63, 3.8) is 0 Å². The number of rotatable bonds is 3. The summed E-state index contributed by atoms with van der Waals surface area (Å²) in [6.45, 7) is 0.359. The molecule has 0 radical (unpaired) electrons. The lowest BCUT2D eigenvalue weighted by Crippen LogP contribution is -2.34. The zero-order valence-electron chi connectivity index (χ0n) is 17.0. The molecule has 3 heterocycles. The Labute approximate surface area is 168 Å². The summed E-state index contributed by atoms with van der Waals surface area (Å²) < 4.78 is 3.54. The molecule has 3 aromatic heterocycles. The molecule has 0 atom stereocenters. The second-order valence-corrected chi connectivity index (χ2v) is 7.33. The third kappa shape index (κ3) is 3.04. The molecule has 29 heavy (non-hydrogen) atoms. The van der Waals surface area contributed by atoms with E-state index in [2.05, 4.69) is 4.98 Å². The number of pyridine rings is 1. The van der Waals surface area contributed by atoms with E-state index in [1.807, 2.05) is 54.1 Å². The lowest BCUT2D eigenvalue weighted by molar-refractivity contribution is 0.0774. The van der Waals surface area contributed by atoms with Crippen LogP contribution in [0.2, 0.25) is 0 Å². The highest BCUT2D eigenvalue weighted by Crippen LogP contribution is 2.31. The number of nitrogens with zero attached hydrogens (tertiary/aromatic N) is 5. The monoisotopic (exact) mass is 389 g/mol. The minimum atomic E-state index is -0.258. The average Bonchev–Trinajstić information content (AvgIpc) is 3.24. The maximum Gasteiger partial charge on any atom is 0.328 e. The predicted molar refractivity (Wildman–Crippen MR) is 113 cm³/mol. The zero-order valence-corrected chi connectivity index (χ0v) is 17.0. The van der Waals surface area contributed by atoms with Gasteiger partial charge in [0.05, 0.1) is 28.8 Å². The van der Waals surface area contributed by atoms with E-state index < -0.39 is 0 Å². The number of aromatic nitrogens is 3. The van der Waals surface area contributed by atoms with E-state index in [0.717, 1.165) is 27.6 Å². The van der Waals surface area contributed by atoms with Crippen LogP contribution in [0.1, 0.15) is 16.2 Å². The third-order valence-corrected chi connectivity index (χ3v) is 5.13. The van der Waals surface area contributed by atoms with Crippen LogP contribution in [0.5, 0.6) is 0 Å². The normalized spacial score (nSPS) is 11.2. The molecule has 0 saturated heterocycles. The van der Waals surface area contributed by atoms with Gasteiger partial charge in [0, 0.05) is 39.8 Å². The lowest BCUT2D eigenvalue weighted by atomic mass is 10.2. The summed E-state index contributed by atoms with van der Waals surface area (Å²) >= 11 is 0. The van der Waals surface area contributed by atoms with Gasteiger partial charge >= 0.3 is 6.03 Å². The molecule has 0 unspecified atom stereocenters. The topological polar surface area (TPSA) is 63.4 Å². The molecule has 4 rings (SSSR count). The van der Waals surface area contributed by atoms with Crippen molar-refractivity contribution in [3.05, 3.63) is 66.1 Å². The van der Waals surface area contributed by atoms with Gasteiger partial charge < -0.3 is 14.4 Å². The van der Waals surface area contributed by atoms with Crippen molar-refractivity contribution in [3.8, 4) is 0 Å². The van der Waals surface area contributed by atoms with E-state index in [1.54, 1.807) is 38.3 Å². The van der Waals surface area contributed by atoms with Gasteiger partial charge in [0.25, 0.3) is 5.91 Å². The first-order valence-corrected chi connectivity index (χ1v) is 9.36. The van der Waals surface area contributed by atoms with Crippen LogP contribution in [0.4, 0.5) is 4.79 Å². The number of carbonyl (C=O) groups excluding carboxylic acids is 2. The fourth-order valence-electron chi connectivity index (χ4n) is 3.67. The van der Waals surface area contributed by atoms with Crippen LogP contribution in [-0.2, 0) is 13.6 Å². The lowest BCUT2D eigenvalue weighted by Gasteiger charge is -2.19. The molecule has 0 aliphatic carbocycles. The van der Waals surface area contributed by atoms with Gasteiger partial charge in [-0.05, 0) is 24.3 Å². The molecule has 1 aromatic carbocycles. The molecule has 2 amide bonds. The molecule has 0 aliphatic rings. The number of aryl methyl sites for hydroxylation is 1. The van der Waals surface area contributed by atoms with Gasteiger partial charge in [0.1, 0.15) is 5.69 Å². The van der Waals surface area contributed by atoms with Crippen LogP contribution in [0, 0.1) is 0 Å². The average molecular weight is 389 g/mol. The smallest absolute Gasteiger partial charge is 0.328 e. The van der Waals surface area contributed by atoms with Gasteiger partial charge in [-0.2, -0.15) is 0 Å². The summed E-state index contributed by atoms with van der Waals surface area (Å²) in [6, 6.07) is 15.0. The molecular formula is C22H23N5O2. The Morgan fingerprint density at radius 3 is 2.41 bits per heavy atom. The quantitative estimate of drug-likeness (QED) is 0.540. The Bertz CT molecular complexity index is 1220. The summed E-state index contributed by atoms with van der Waals surface area (Å²) in [5.41, 5.74) is 3.73. The number of benzene rings is 1. The van der Waals surface area contributed by atoms with Crippen molar-refractivity contribution >= 4 is 33.9 Å². The van der Waals surface area contributed by atoms with Crippen LogP contribution < -0.4 is 0 Å². The van der Waals surface area contributed by atoms with Gasteiger partial charge in [-0.25, -0.2) is 4.79 Å². The highest BCUT2D eigenvalue weighted by Gasteiger charge is 2.27. The summed E-state index contributed by atoms with van der Waals surface area (Å²) in [7, 11) is 7.04. The fourth-order valence-corrected chi connectivity index (χ4v) is 3.67. The SMILES string of the molecule is CN(C)C(=O)n1c(C(=O)N(C)Cc2ccccn2)cc2c1c1ccccc1n2C. The van der Waals surface area contributed by atoms with Crippen molar-refractivity contribution in [2.75, 3.05) is 21.1 Å². The molecule has 148 valence electrons. The molecule has 0 bridgehead atoms. The highest BCUT2D eigenvalue weighted by atomic mass is 16.2. The number of amides is 2. The zero-order chi connectivity index (χ0) is 20.7. The number of carbonyl (C=O) groups is 2. The summed E-state index contributed by atoms with van der Waals surface area (Å²) in [5, 5.41) is 0.937. The van der Waals surface area contributed by atoms with Crippen molar-refractivity contribution in [2.45, 2.75) is 6.54 Å². The summed E-state index contributed by atoms with van der Waals surface area (Å²) in [4.78, 5) is 33.7. The first kappa shape index (κ1) is 18.7. The second kappa shape index (κ2) is 7.09. The van der Waals surface area contributed by atoms with Crippen LogP contribution in [0.3, 0.4) is 0 Å². The minimum Gasteiger partial charge on any atom is -0.342 e. The number of hydrogen-bond acceptors (Lipinski definition) is 3. The Balaban J connectivity index is 1.87. The summed E-state index contributed by atoms with van der Waals surface area (Å²) in [6.07, 6.45) is 1.70. The van der Waals surface area contributed by atoms with E-state index in [-0.39, 0.29) is 11.9 Å². The molecule has 0 spiro atoms. The van der Waals surface area contributed by atoms with Crippen molar-refractivity contribution < 1.29 is 9.59 Å².